The summed E-state index contributed by atoms with van der Waals surface area (Å²) in [7, 11) is 0. The molecule has 144 valence electrons. The van der Waals surface area contributed by atoms with Gasteiger partial charge in [0.15, 0.2) is 0 Å². The Morgan fingerprint density at radius 2 is 1.74 bits per heavy atom. The number of nitrogens with zero attached hydrogens (tertiary/aromatic N) is 2. The van der Waals surface area contributed by atoms with Crippen LogP contribution in [0.3, 0.4) is 0 Å². The molecule has 4 nitrogen and oxygen atoms in total. The average Bonchev–Trinajstić information content (AvgIpc) is 2.66. The molecule has 6 heteroatoms. The minimum atomic E-state index is -0.316. The summed E-state index contributed by atoms with van der Waals surface area (Å²) < 4.78 is 13.2. The maximum Gasteiger partial charge on any atom is 0.238 e. The molecule has 1 N–H and O–H groups in total. The smallest absolute Gasteiger partial charge is 0.238 e. The normalized spacial score (nSPS) is 15.7. The van der Waals surface area contributed by atoms with Crippen molar-refractivity contribution in [2.24, 2.45) is 0 Å². The summed E-state index contributed by atoms with van der Waals surface area (Å²) in [5.41, 5.74) is 3.02. The molecule has 2 aromatic rings. The van der Waals surface area contributed by atoms with Crippen LogP contribution in [0.4, 0.5) is 10.1 Å². The van der Waals surface area contributed by atoms with Crippen molar-refractivity contribution >= 4 is 23.2 Å². The van der Waals surface area contributed by atoms with E-state index in [2.05, 4.69) is 22.0 Å². The van der Waals surface area contributed by atoms with Crippen LogP contribution in [0.25, 0.3) is 0 Å². The molecule has 1 aliphatic rings. The molecule has 1 saturated heterocycles. The van der Waals surface area contributed by atoms with Gasteiger partial charge in [0.2, 0.25) is 5.91 Å². The van der Waals surface area contributed by atoms with Gasteiger partial charge in [-0.3, -0.25) is 14.6 Å². The second-order valence-corrected chi connectivity index (χ2v) is 7.29. The molecule has 1 aliphatic heterocycles. The van der Waals surface area contributed by atoms with Crippen molar-refractivity contribution in [1.82, 2.24) is 9.80 Å². The number of hydrogen-bond donors (Lipinski definition) is 1. The third-order valence-corrected chi connectivity index (χ3v) is 5.24. The van der Waals surface area contributed by atoms with Gasteiger partial charge < -0.3 is 5.32 Å². The summed E-state index contributed by atoms with van der Waals surface area (Å²) >= 11 is 6.11. The number of carbonyl (C=O) groups is 1. The molecule has 0 spiro atoms. The summed E-state index contributed by atoms with van der Waals surface area (Å²) in [6.45, 7) is 6.54. The maximum absolute atomic E-state index is 13.2. The fourth-order valence-corrected chi connectivity index (χ4v) is 3.45. The van der Waals surface area contributed by atoms with Gasteiger partial charge in [0.1, 0.15) is 5.82 Å². The van der Waals surface area contributed by atoms with Crippen LogP contribution in [-0.4, -0.2) is 48.4 Å². The SMILES string of the molecule is CCc1ccc(NC(=O)CN2CCN(Cc3ccc(F)cc3Cl)CC2)cc1. The van der Waals surface area contributed by atoms with E-state index in [0.29, 0.717) is 18.1 Å². The maximum atomic E-state index is 13.2. The number of nitrogens with one attached hydrogen (secondary N) is 1. The van der Waals surface area contributed by atoms with Gasteiger partial charge in [0.05, 0.1) is 6.54 Å². The first kappa shape index (κ1) is 19.8. The molecule has 0 radical (unpaired) electrons. The van der Waals surface area contributed by atoms with E-state index in [0.717, 1.165) is 43.9 Å². The molecule has 0 aromatic heterocycles. The highest BCUT2D eigenvalue weighted by Crippen LogP contribution is 2.19. The minimum absolute atomic E-state index is 0.00859. The van der Waals surface area contributed by atoms with Crippen LogP contribution in [0.5, 0.6) is 0 Å². The molecule has 0 saturated carbocycles. The fourth-order valence-electron chi connectivity index (χ4n) is 3.22. The number of benzene rings is 2. The first-order valence-corrected chi connectivity index (χ1v) is 9.68. The lowest BCUT2D eigenvalue weighted by atomic mass is 10.1. The lowest BCUT2D eigenvalue weighted by Crippen LogP contribution is -2.48. The summed E-state index contributed by atoms with van der Waals surface area (Å²) in [6.07, 6.45) is 0.988. The standard InChI is InChI=1S/C21H25ClFN3O/c1-2-16-3-7-19(8-4-16)24-21(27)15-26-11-9-25(10-12-26)14-17-5-6-18(23)13-20(17)22/h3-8,13H,2,9-12,14-15H2,1H3,(H,24,27). The number of anilines is 1. The lowest BCUT2D eigenvalue weighted by molar-refractivity contribution is -0.117. The highest BCUT2D eigenvalue weighted by Gasteiger charge is 2.19. The van der Waals surface area contributed by atoms with Crippen LogP contribution >= 0.6 is 11.6 Å². The molecule has 1 fully saturated rings. The zero-order valence-electron chi connectivity index (χ0n) is 15.5. The van der Waals surface area contributed by atoms with Crippen molar-refractivity contribution in [3.8, 4) is 0 Å². The number of piperazine rings is 1. The quantitative estimate of drug-likeness (QED) is 0.816. The molecule has 0 atom stereocenters. The zero-order valence-corrected chi connectivity index (χ0v) is 16.3. The number of halogens is 2. The summed E-state index contributed by atoms with van der Waals surface area (Å²) in [5.74, 6) is -0.307. The van der Waals surface area contributed by atoms with Crippen molar-refractivity contribution in [2.45, 2.75) is 19.9 Å². The predicted molar refractivity (Wildman–Crippen MR) is 108 cm³/mol. The Morgan fingerprint density at radius 1 is 1.07 bits per heavy atom. The second kappa shape index (κ2) is 9.31. The zero-order chi connectivity index (χ0) is 19.2. The Morgan fingerprint density at radius 3 is 2.37 bits per heavy atom. The van der Waals surface area contributed by atoms with E-state index >= 15 is 0 Å². The van der Waals surface area contributed by atoms with Crippen LogP contribution in [0.15, 0.2) is 42.5 Å². The van der Waals surface area contributed by atoms with E-state index < -0.39 is 0 Å². The van der Waals surface area contributed by atoms with Gasteiger partial charge >= 0.3 is 0 Å². The first-order chi connectivity index (χ1) is 13.0. The molecule has 3 rings (SSSR count). The van der Waals surface area contributed by atoms with Crippen molar-refractivity contribution in [3.05, 3.63) is 64.4 Å². The van der Waals surface area contributed by atoms with Gasteiger partial charge in [-0.2, -0.15) is 0 Å². The van der Waals surface area contributed by atoms with Gasteiger partial charge in [-0.1, -0.05) is 36.7 Å². The van der Waals surface area contributed by atoms with E-state index in [1.54, 1.807) is 6.07 Å². The largest absolute Gasteiger partial charge is 0.325 e. The molecule has 0 unspecified atom stereocenters. The molecule has 1 amide bonds. The van der Waals surface area contributed by atoms with Crippen LogP contribution in [0.1, 0.15) is 18.1 Å². The Labute approximate surface area is 164 Å². The van der Waals surface area contributed by atoms with Gasteiger partial charge in [-0.25, -0.2) is 4.39 Å². The third-order valence-electron chi connectivity index (χ3n) is 4.89. The van der Waals surface area contributed by atoms with E-state index in [9.17, 15) is 9.18 Å². The topological polar surface area (TPSA) is 35.6 Å². The van der Waals surface area contributed by atoms with E-state index in [1.165, 1.54) is 17.7 Å². The van der Waals surface area contributed by atoms with E-state index in [4.69, 9.17) is 11.6 Å². The predicted octanol–water partition coefficient (Wildman–Crippen LogP) is 3.80. The molecule has 2 aromatic carbocycles. The van der Waals surface area contributed by atoms with Crippen molar-refractivity contribution < 1.29 is 9.18 Å². The number of hydrogen-bond acceptors (Lipinski definition) is 3. The van der Waals surface area contributed by atoms with Crippen molar-refractivity contribution in [2.75, 3.05) is 38.0 Å². The van der Waals surface area contributed by atoms with E-state index in [-0.39, 0.29) is 11.7 Å². The summed E-state index contributed by atoms with van der Waals surface area (Å²) in [6, 6.07) is 12.5. The van der Waals surface area contributed by atoms with Gasteiger partial charge in [0, 0.05) is 43.4 Å². The second-order valence-electron chi connectivity index (χ2n) is 6.89. The Balaban J connectivity index is 1.43. The molecule has 1 heterocycles. The number of amides is 1. The average molecular weight is 390 g/mol. The van der Waals surface area contributed by atoms with E-state index in [1.807, 2.05) is 24.3 Å². The molecule has 0 aliphatic carbocycles. The highest BCUT2D eigenvalue weighted by atomic mass is 35.5. The molecule has 0 bridgehead atoms. The van der Waals surface area contributed by atoms with Gasteiger partial charge in [0.25, 0.3) is 0 Å². The van der Waals surface area contributed by atoms with Crippen molar-refractivity contribution in [3.63, 3.8) is 0 Å². The molecular weight excluding hydrogens is 365 g/mol. The van der Waals surface area contributed by atoms with Crippen LogP contribution in [0, 0.1) is 5.82 Å². The third kappa shape index (κ3) is 5.76. The van der Waals surface area contributed by atoms with Crippen LogP contribution < -0.4 is 5.32 Å². The monoisotopic (exact) mass is 389 g/mol. The minimum Gasteiger partial charge on any atom is -0.325 e. The number of rotatable bonds is 6. The van der Waals surface area contributed by atoms with Crippen LogP contribution in [0.2, 0.25) is 5.02 Å². The Kier molecular flexibility index (Phi) is 6.83. The lowest BCUT2D eigenvalue weighted by Gasteiger charge is -2.34. The molecular formula is C21H25ClFN3O. The Hall–Kier alpha value is -1.95. The first-order valence-electron chi connectivity index (χ1n) is 9.31. The summed E-state index contributed by atoms with van der Waals surface area (Å²) in [4.78, 5) is 16.7. The number of aryl methyl sites for hydroxylation is 1. The van der Waals surface area contributed by atoms with Crippen LogP contribution in [-0.2, 0) is 17.8 Å². The Bertz CT molecular complexity index is 773. The highest BCUT2D eigenvalue weighted by molar-refractivity contribution is 6.31. The van der Waals surface area contributed by atoms with Gasteiger partial charge in [-0.15, -0.1) is 0 Å². The number of carbonyl (C=O) groups excluding carboxylic acids is 1. The van der Waals surface area contributed by atoms with Crippen molar-refractivity contribution in [1.29, 1.82) is 0 Å². The fraction of sp³-hybridized carbons (Fsp3) is 0.381. The summed E-state index contributed by atoms with van der Waals surface area (Å²) in [5, 5.41) is 3.42. The molecule has 27 heavy (non-hydrogen) atoms. The van der Waals surface area contributed by atoms with Gasteiger partial charge in [-0.05, 0) is 41.8 Å².